The van der Waals surface area contributed by atoms with Crippen LogP contribution in [0.5, 0.6) is 0 Å². The van der Waals surface area contributed by atoms with Crippen LogP contribution in [-0.4, -0.2) is 22.2 Å². The van der Waals surface area contributed by atoms with Gasteiger partial charge in [0.1, 0.15) is 0 Å². The second kappa shape index (κ2) is 4.86. The molecule has 0 heterocycles. The summed E-state index contributed by atoms with van der Waals surface area (Å²) in [5.74, 6) is 0. The van der Waals surface area contributed by atoms with E-state index in [1.54, 1.807) is 18.2 Å². The molecule has 0 aliphatic heterocycles. The van der Waals surface area contributed by atoms with E-state index in [0.717, 1.165) is 5.70 Å². The monoisotopic (exact) mass is 296 g/mol. The minimum absolute atomic E-state index is 0.396. The Labute approximate surface area is 104 Å². The summed E-state index contributed by atoms with van der Waals surface area (Å²) in [5.41, 5.74) is -4.29. The van der Waals surface area contributed by atoms with Gasteiger partial charge in [-0.25, -0.2) is 0 Å². The van der Waals surface area contributed by atoms with E-state index >= 15 is 0 Å². The summed E-state index contributed by atoms with van der Waals surface area (Å²) < 4.78 is 63.3. The van der Waals surface area contributed by atoms with Crippen LogP contribution >= 0.6 is 0 Å². The van der Waals surface area contributed by atoms with E-state index in [1.165, 1.54) is 18.7 Å². The van der Waals surface area contributed by atoms with Crippen molar-refractivity contribution >= 4 is 23.6 Å². The topological polar surface area (TPSA) is 43.4 Å². The van der Waals surface area contributed by atoms with Crippen molar-refractivity contribution in [3.05, 3.63) is 42.6 Å². The minimum atomic E-state index is -5.63. The highest BCUT2D eigenvalue weighted by molar-refractivity contribution is 7.88. The lowest BCUT2D eigenvalue weighted by atomic mass is 10.4. The van der Waals surface area contributed by atoms with Crippen molar-refractivity contribution in [3.63, 3.8) is 0 Å². The van der Waals surface area contributed by atoms with E-state index in [4.69, 9.17) is 0 Å². The lowest BCUT2D eigenvalue weighted by molar-refractivity contribution is -0.0502. The van der Waals surface area contributed by atoms with Gasteiger partial charge in [-0.05, 0) is 11.7 Å². The van der Waals surface area contributed by atoms with Gasteiger partial charge in [-0.1, -0.05) is 36.0 Å². The maximum atomic E-state index is 12.3. The molecular formula is C10H11F3O3SSi. The molecule has 100 valence electrons. The molecule has 0 amide bonds. The molecular weight excluding hydrogens is 285 g/mol. The lowest BCUT2D eigenvalue weighted by Gasteiger charge is -2.23. The van der Waals surface area contributed by atoms with E-state index in [-0.39, 0.29) is 0 Å². The van der Waals surface area contributed by atoms with Crippen molar-refractivity contribution in [3.8, 4) is 0 Å². The fourth-order valence-corrected chi connectivity index (χ4v) is 5.19. The normalized spacial score (nSPS) is 16.0. The summed E-state index contributed by atoms with van der Waals surface area (Å²) in [7, 11) is -9.01. The van der Waals surface area contributed by atoms with Crippen LogP contribution in [0, 0.1) is 0 Å². The molecule has 0 saturated heterocycles. The highest BCUT2D eigenvalue weighted by atomic mass is 32.2. The largest absolute Gasteiger partial charge is 0.522 e. The van der Waals surface area contributed by atoms with Gasteiger partial charge < -0.3 is 0 Å². The number of benzene rings is 1. The second-order valence-corrected chi connectivity index (χ2v) is 8.90. The molecule has 0 aromatic heterocycles. The first-order valence-electron chi connectivity index (χ1n) is 4.83. The summed E-state index contributed by atoms with van der Waals surface area (Å²) in [4.78, 5) is 0. The van der Waals surface area contributed by atoms with Crippen LogP contribution in [0.1, 0.15) is 0 Å². The predicted molar refractivity (Wildman–Crippen MR) is 64.0 cm³/mol. The molecule has 0 aliphatic carbocycles. The highest BCUT2D eigenvalue weighted by Crippen LogP contribution is 2.27. The Hall–Kier alpha value is -1.12. The molecule has 1 aromatic carbocycles. The van der Waals surface area contributed by atoms with Gasteiger partial charge in [-0.3, -0.25) is 3.87 Å². The maximum absolute atomic E-state index is 12.3. The quantitative estimate of drug-likeness (QED) is 0.631. The van der Waals surface area contributed by atoms with E-state index in [9.17, 15) is 21.6 Å². The molecule has 0 radical (unpaired) electrons. The molecule has 0 aliphatic rings. The number of hydrogen-bond donors (Lipinski definition) is 0. The number of rotatable bonds is 4. The first kappa shape index (κ1) is 14.9. The molecule has 8 heteroatoms. The molecule has 0 bridgehead atoms. The van der Waals surface area contributed by atoms with Gasteiger partial charge in [0.05, 0.1) is 0 Å². The zero-order chi connectivity index (χ0) is 14.0. The van der Waals surface area contributed by atoms with Crippen LogP contribution in [0.2, 0.25) is 6.55 Å². The van der Waals surface area contributed by atoms with Gasteiger partial charge >= 0.3 is 15.6 Å². The Bertz CT molecular complexity index is 527. The van der Waals surface area contributed by atoms with Gasteiger partial charge in [-0.15, -0.1) is 6.58 Å². The highest BCUT2D eigenvalue weighted by Gasteiger charge is 2.51. The van der Waals surface area contributed by atoms with Crippen molar-refractivity contribution in [1.82, 2.24) is 0 Å². The fourth-order valence-electron chi connectivity index (χ4n) is 1.24. The van der Waals surface area contributed by atoms with Crippen molar-refractivity contribution in [1.29, 1.82) is 0 Å². The van der Waals surface area contributed by atoms with Gasteiger partial charge in [0, 0.05) is 0 Å². The second-order valence-electron chi connectivity index (χ2n) is 3.66. The molecule has 0 N–H and O–H groups in total. The third-order valence-electron chi connectivity index (χ3n) is 2.30. The fraction of sp³-hybridized carbons (Fsp3) is 0.200. The maximum Gasteiger partial charge on any atom is 0.522 e. The molecule has 0 spiro atoms. The number of alkyl halides is 3. The van der Waals surface area contributed by atoms with Crippen molar-refractivity contribution in [2.75, 3.05) is 0 Å². The smallest absolute Gasteiger partial charge is 0.298 e. The summed E-state index contributed by atoms with van der Waals surface area (Å²) in [6.45, 7) is 4.71. The van der Waals surface area contributed by atoms with Crippen LogP contribution in [0.25, 0.3) is 0 Å². The van der Waals surface area contributed by atoms with Crippen molar-refractivity contribution in [2.45, 2.75) is 12.1 Å². The molecule has 0 saturated carbocycles. The standard InChI is InChI=1S/C10H11F3O3SSi/c1-3-18(2,9-7-5-4-6-8-9)16-17(14,15)10(11,12)13/h3-8H,1H2,2H3. The van der Waals surface area contributed by atoms with Gasteiger partial charge in [-0.2, -0.15) is 21.6 Å². The Balaban J connectivity index is 3.18. The number of halogens is 3. The molecule has 1 rings (SSSR count). The van der Waals surface area contributed by atoms with Crippen LogP contribution in [0.4, 0.5) is 13.2 Å². The molecule has 3 nitrogen and oxygen atoms in total. The molecule has 1 atom stereocenters. The summed E-state index contributed by atoms with van der Waals surface area (Å²) in [5, 5.41) is 0.396. The van der Waals surface area contributed by atoms with Crippen molar-refractivity contribution in [2.24, 2.45) is 0 Å². The van der Waals surface area contributed by atoms with Gasteiger partial charge in [0.25, 0.3) is 8.32 Å². The third kappa shape index (κ3) is 3.00. The van der Waals surface area contributed by atoms with E-state index < -0.39 is 23.9 Å². The van der Waals surface area contributed by atoms with Crippen molar-refractivity contribution < 1.29 is 25.5 Å². The predicted octanol–water partition coefficient (Wildman–Crippen LogP) is 2.06. The zero-order valence-electron chi connectivity index (χ0n) is 9.44. The Morgan fingerprint density at radius 3 is 2.17 bits per heavy atom. The SMILES string of the molecule is C=C[Si](C)(OS(=O)(=O)C(F)(F)F)c1ccccc1. The number of hydrogen-bond acceptors (Lipinski definition) is 3. The van der Waals surface area contributed by atoms with Crippen LogP contribution in [0.3, 0.4) is 0 Å². The summed E-state index contributed by atoms with van der Waals surface area (Å²) in [6.07, 6.45) is 0. The van der Waals surface area contributed by atoms with Crippen LogP contribution < -0.4 is 5.19 Å². The molecule has 0 fully saturated rings. The summed E-state index contributed by atoms with van der Waals surface area (Å²) in [6, 6.07) is 7.88. The average molecular weight is 296 g/mol. The Morgan fingerprint density at radius 2 is 1.78 bits per heavy atom. The molecule has 1 aromatic rings. The summed E-state index contributed by atoms with van der Waals surface area (Å²) >= 11 is 0. The Morgan fingerprint density at radius 1 is 1.28 bits per heavy atom. The average Bonchev–Trinajstić information content (AvgIpc) is 2.28. The first-order valence-corrected chi connectivity index (χ1v) is 8.73. The van der Waals surface area contributed by atoms with Gasteiger partial charge in [0.15, 0.2) is 0 Å². The first-order chi connectivity index (χ1) is 8.12. The lowest BCUT2D eigenvalue weighted by Crippen LogP contribution is -2.49. The zero-order valence-corrected chi connectivity index (χ0v) is 11.3. The van der Waals surface area contributed by atoms with Gasteiger partial charge in [0.2, 0.25) is 0 Å². The van der Waals surface area contributed by atoms with E-state index in [2.05, 4.69) is 10.5 Å². The van der Waals surface area contributed by atoms with Crippen LogP contribution in [0.15, 0.2) is 42.6 Å². The van der Waals surface area contributed by atoms with E-state index in [1.807, 2.05) is 0 Å². The third-order valence-corrected chi connectivity index (χ3v) is 7.39. The Kier molecular flexibility index (Phi) is 4.04. The molecule has 18 heavy (non-hydrogen) atoms. The minimum Gasteiger partial charge on any atom is -0.298 e. The van der Waals surface area contributed by atoms with Crippen LogP contribution in [-0.2, 0) is 14.0 Å². The molecule has 1 unspecified atom stereocenters. The van der Waals surface area contributed by atoms with E-state index in [0.29, 0.717) is 5.19 Å².